The smallest absolute Gasteiger partial charge is 0.193 e. The normalized spacial score (nSPS) is 16.2. The average Bonchev–Trinajstić information content (AvgIpc) is 2.63. The average molecular weight is 333 g/mol. The van der Waals surface area contributed by atoms with Gasteiger partial charge >= 0.3 is 0 Å². The van der Waals surface area contributed by atoms with Crippen molar-refractivity contribution in [2.75, 3.05) is 47.1 Å². The van der Waals surface area contributed by atoms with Crippen molar-refractivity contribution in [1.29, 1.82) is 0 Å². The van der Waals surface area contributed by atoms with Crippen LogP contribution < -0.4 is 5.32 Å². The van der Waals surface area contributed by atoms with Gasteiger partial charge in [-0.05, 0) is 30.7 Å². The molecule has 0 spiro atoms. The van der Waals surface area contributed by atoms with E-state index in [-0.39, 0.29) is 0 Å². The van der Waals surface area contributed by atoms with Crippen molar-refractivity contribution >= 4 is 5.96 Å². The van der Waals surface area contributed by atoms with Crippen LogP contribution in [0.15, 0.2) is 35.3 Å². The van der Waals surface area contributed by atoms with Crippen LogP contribution in [0.3, 0.4) is 0 Å². The lowest BCUT2D eigenvalue weighted by molar-refractivity contribution is 0.0203. The molecule has 24 heavy (non-hydrogen) atoms. The first-order chi connectivity index (χ1) is 11.8. The van der Waals surface area contributed by atoms with Gasteiger partial charge in [0.25, 0.3) is 0 Å². The van der Waals surface area contributed by atoms with E-state index in [1.54, 1.807) is 0 Å². The molecule has 2 rings (SSSR count). The van der Waals surface area contributed by atoms with Crippen molar-refractivity contribution in [2.45, 2.75) is 25.8 Å². The topological polar surface area (TPSA) is 46.1 Å². The summed E-state index contributed by atoms with van der Waals surface area (Å²) in [6, 6.07) is 10.4. The molecule has 5 heteroatoms. The van der Waals surface area contributed by atoms with Gasteiger partial charge in [0.15, 0.2) is 5.96 Å². The summed E-state index contributed by atoms with van der Waals surface area (Å²) in [6.07, 6.45) is 3.26. The lowest BCUT2D eigenvalue weighted by atomic mass is 10.0. The highest BCUT2D eigenvalue weighted by molar-refractivity contribution is 5.79. The first-order valence-corrected chi connectivity index (χ1v) is 8.91. The first-order valence-electron chi connectivity index (χ1n) is 8.91. The summed E-state index contributed by atoms with van der Waals surface area (Å²) >= 11 is 0. The Balaban J connectivity index is 1.57. The Bertz CT molecular complexity index is 473. The molecule has 0 saturated carbocycles. The molecule has 0 radical (unpaired) electrons. The molecule has 1 saturated heterocycles. The molecule has 0 bridgehead atoms. The molecule has 0 amide bonds. The zero-order valence-electron chi connectivity index (χ0n) is 15.0. The summed E-state index contributed by atoms with van der Waals surface area (Å²) in [5, 5.41) is 3.40. The zero-order valence-corrected chi connectivity index (χ0v) is 15.0. The fourth-order valence-electron chi connectivity index (χ4n) is 2.85. The van der Waals surface area contributed by atoms with Crippen LogP contribution in [0.25, 0.3) is 0 Å². The van der Waals surface area contributed by atoms with Crippen molar-refractivity contribution in [1.82, 2.24) is 10.2 Å². The van der Waals surface area contributed by atoms with Crippen molar-refractivity contribution in [3.05, 3.63) is 35.9 Å². The number of nitrogens with one attached hydrogen (secondary N) is 1. The number of rotatable bonds is 8. The third kappa shape index (κ3) is 6.89. The fourth-order valence-corrected chi connectivity index (χ4v) is 2.85. The van der Waals surface area contributed by atoms with Crippen LogP contribution in [0.5, 0.6) is 0 Å². The molecule has 1 aromatic carbocycles. The summed E-state index contributed by atoms with van der Waals surface area (Å²) in [7, 11) is 3.88. The van der Waals surface area contributed by atoms with Crippen molar-refractivity contribution in [3.8, 4) is 0 Å². The Morgan fingerprint density at radius 2 is 2.04 bits per heavy atom. The molecular formula is C19H31N3O2. The van der Waals surface area contributed by atoms with Crippen molar-refractivity contribution < 1.29 is 9.47 Å². The zero-order chi connectivity index (χ0) is 17.0. The lowest BCUT2D eigenvalue weighted by Gasteiger charge is -2.23. The van der Waals surface area contributed by atoms with E-state index in [1.807, 2.05) is 13.1 Å². The number of hydrogen-bond acceptors (Lipinski definition) is 3. The van der Waals surface area contributed by atoms with Crippen LogP contribution in [0.4, 0.5) is 0 Å². The molecule has 1 fully saturated rings. The summed E-state index contributed by atoms with van der Waals surface area (Å²) < 4.78 is 11.2. The lowest BCUT2D eigenvalue weighted by Crippen LogP contribution is -2.39. The predicted molar refractivity (Wildman–Crippen MR) is 98.2 cm³/mol. The van der Waals surface area contributed by atoms with E-state index in [0.29, 0.717) is 5.92 Å². The first kappa shape index (κ1) is 18.7. The van der Waals surface area contributed by atoms with Gasteiger partial charge in [-0.25, -0.2) is 0 Å². The minimum Gasteiger partial charge on any atom is -0.381 e. The Morgan fingerprint density at radius 1 is 1.29 bits per heavy atom. The van der Waals surface area contributed by atoms with Crippen LogP contribution in [0.1, 0.15) is 24.8 Å². The summed E-state index contributed by atoms with van der Waals surface area (Å²) in [4.78, 5) is 6.49. The molecular weight excluding hydrogens is 302 g/mol. The van der Waals surface area contributed by atoms with E-state index in [2.05, 4.69) is 46.5 Å². The second-order valence-corrected chi connectivity index (χ2v) is 6.30. The fraction of sp³-hybridized carbons (Fsp3) is 0.632. The van der Waals surface area contributed by atoms with Crippen LogP contribution in [0, 0.1) is 5.92 Å². The highest BCUT2D eigenvalue weighted by Crippen LogP contribution is 2.14. The molecule has 1 N–H and O–H groups in total. The molecule has 0 aromatic heterocycles. The quantitative estimate of drug-likeness (QED) is 0.451. The highest BCUT2D eigenvalue weighted by Gasteiger charge is 2.13. The maximum atomic E-state index is 5.80. The van der Waals surface area contributed by atoms with Crippen molar-refractivity contribution in [2.24, 2.45) is 10.9 Å². The number of benzene rings is 1. The van der Waals surface area contributed by atoms with E-state index >= 15 is 0 Å². The molecule has 1 aromatic rings. The molecule has 1 aliphatic heterocycles. The molecule has 0 atom stereocenters. The van der Waals surface area contributed by atoms with Crippen LogP contribution in [-0.2, 0) is 16.0 Å². The van der Waals surface area contributed by atoms with E-state index in [9.17, 15) is 0 Å². The molecule has 1 heterocycles. The van der Waals surface area contributed by atoms with Gasteiger partial charge in [-0.15, -0.1) is 0 Å². The second-order valence-electron chi connectivity index (χ2n) is 6.30. The molecule has 0 unspecified atom stereocenters. The molecule has 0 aliphatic carbocycles. The Labute approximate surface area is 146 Å². The molecule has 1 aliphatic rings. The minimum atomic E-state index is 0.677. The predicted octanol–water partition coefficient (Wildman–Crippen LogP) is 2.53. The Morgan fingerprint density at radius 3 is 2.75 bits per heavy atom. The van der Waals surface area contributed by atoms with Crippen LogP contribution in [0.2, 0.25) is 0 Å². The second kappa shape index (κ2) is 11.0. The maximum absolute atomic E-state index is 5.80. The summed E-state index contributed by atoms with van der Waals surface area (Å²) in [5.74, 6) is 1.60. The maximum Gasteiger partial charge on any atom is 0.193 e. The number of ether oxygens (including phenoxy) is 2. The van der Waals surface area contributed by atoms with Crippen molar-refractivity contribution in [3.63, 3.8) is 0 Å². The summed E-state index contributed by atoms with van der Waals surface area (Å²) in [5.41, 5.74) is 1.28. The van der Waals surface area contributed by atoms with E-state index in [4.69, 9.17) is 9.47 Å². The standard InChI is InChI=1S/C19H31N3O2/c1-20-19(22(2)15-17-7-4-3-5-8-17)21-11-6-12-24-16-18-9-13-23-14-10-18/h3-5,7-8,18H,6,9-16H2,1-2H3,(H,20,21). The number of guanidine groups is 1. The van der Waals surface area contributed by atoms with Gasteiger partial charge in [0.2, 0.25) is 0 Å². The number of hydrogen-bond donors (Lipinski definition) is 1. The van der Waals surface area contributed by atoms with E-state index in [1.165, 1.54) is 5.56 Å². The third-order valence-corrected chi connectivity index (χ3v) is 4.28. The van der Waals surface area contributed by atoms with E-state index < -0.39 is 0 Å². The van der Waals surface area contributed by atoms with Gasteiger partial charge < -0.3 is 19.7 Å². The Hall–Kier alpha value is -1.59. The Kier molecular flexibility index (Phi) is 8.63. The van der Waals surface area contributed by atoms with Gasteiger partial charge in [-0.2, -0.15) is 0 Å². The minimum absolute atomic E-state index is 0.677. The number of nitrogens with zero attached hydrogens (tertiary/aromatic N) is 2. The van der Waals surface area contributed by atoms with Gasteiger partial charge in [-0.3, -0.25) is 4.99 Å². The third-order valence-electron chi connectivity index (χ3n) is 4.28. The van der Waals surface area contributed by atoms with Gasteiger partial charge in [0.1, 0.15) is 0 Å². The molecule has 134 valence electrons. The van der Waals surface area contributed by atoms with Gasteiger partial charge in [0, 0.05) is 53.6 Å². The van der Waals surface area contributed by atoms with Crippen LogP contribution >= 0.6 is 0 Å². The van der Waals surface area contributed by atoms with Gasteiger partial charge in [0.05, 0.1) is 0 Å². The largest absolute Gasteiger partial charge is 0.381 e. The number of aliphatic imine (C=N–C) groups is 1. The SMILES string of the molecule is CN=C(NCCCOCC1CCOCC1)N(C)Cc1ccccc1. The molecule has 5 nitrogen and oxygen atoms in total. The van der Waals surface area contributed by atoms with Crippen LogP contribution in [-0.4, -0.2) is 57.9 Å². The van der Waals surface area contributed by atoms with Gasteiger partial charge in [-0.1, -0.05) is 30.3 Å². The van der Waals surface area contributed by atoms with E-state index in [0.717, 1.165) is 64.7 Å². The highest BCUT2D eigenvalue weighted by atomic mass is 16.5. The summed E-state index contributed by atoms with van der Waals surface area (Å²) in [6.45, 7) is 5.16. The monoisotopic (exact) mass is 333 g/mol.